The van der Waals surface area contributed by atoms with Gasteiger partial charge in [-0.05, 0) is 30.5 Å². The summed E-state index contributed by atoms with van der Waals surface area (Å²) in [6, 6.07) is 7.09. The fourth-order valence-corrected chi connectivity index (χ4v) is 2.46. The number of aliphatic hydroxyl groups is 1. The van der Waals surface area contributed by atoms with Crippen LogP contribution in [-0.2, 0) is 10.3 Å². The van der Waals surface area contributed by atoms with Crippen molar-refractivity contribution in [3.8, 4) is 0 Å². The first-order valence-electron chi connectivity index (χ1n) is 6.07. The largest absolute Gasteiger partial charge is 0.465 e. The molecule has 0 heterocycles. The molecule has 1 fully saturated rings. The van der Waals surface area contributed by atoms with Gasteiger partial charge in [0.05, 0.1) is 18.3 Å². The van der Waals surface area contributed by atoms with Crippen LogP contribution in [0.4, 0.5) is 0 Å². The summed E-state index contributed by atoms with van der Waals surface area (Å²) < 4.78 is 4.65. The molecule has 0 radical (unpaired) electrons. The smallest absolute Gasteiger partial charge is 0.337 e. The SMILES string of the molecule is COC(=O)c1ccc(C2(O)CCCCC2)cc1. The van der Waals surface area contributed by atoms with E-state index in [-0.39, 0.29) is 5.97 Å². The van der Waals surface area contributed by atoms with Gasteiger partial charge < -0.3 is 9.84 Å². The minimum Gasteiger partial charge on any atom is -0.465 e. The second-order valence-electron chi connectivity index (χ2n) is 4.66. The van der Waals surface area contributed by atoms with Crippen LogP contribution >= 0.6 is 0 Å². The van der Waals surface area contributed by atoms with Crippen molar-refractivity contribution in [2.75, 3.05) is 7.11 Å². The van der Waals surface area contributed by atoms with Crippen molar-refractivity contribution in [3.63, 3.8) is 0 Å². The van der Waals surface area contributed by atoms with Gasteiger partial charge in [0.15, 0.2) is 0 Å². The summed E-state index contributed by atoms with van der Waals surface area (Å²) in [6.45, 7) is 0. The van der Waals surface area contributed by atoms with Crippen LogP contribution in [0.25, 0.3) is 0 Å². The molecular formula is C14H18O3. The number of methoxy groups -OCH3 is 1. The van der Waals surface area contributed by atoms with Gasteiger partial charge in [0, 0.05) is 0 Å². The van der Waals surface area contributed by atoms with E-state index < -0.39 is 5.60 Å². The molecule has 0 atom stereocenters. The van der Waals surface area contributed by atoms with Gasteiger partial charge in [0.2, 0.25) is 0 Å². The van der Waals surface area contributed by atoms with Gasteiger partial charge in [-0.15, -0.1) is 0 Å². The van der Waals surface area contributed by atoms with Gasteiger partial charge in [0.1, 0.15) is 0 Å². The van der Waals surface area contributed by atoms with Crippen molar-refractivity contribution in [3.05, 3.63) is 35.4 Å². The Balaban J connectivity index is 2.19. The molecule has 0 saturated heterocycles. The minimum atomic E-state index is -0.701. The Morgan fingerprint density at radius 2 is 1.76 bits per heavy atom. The number of rotatable bonds is 2. The van der Waals surface area contributed by atoms with E-state index in [1.165, 1.54) is 13.5 Å². The minimum absolute atomic E-state index is 0.341. The Kier molecular flexibility index (Phi) is 3.48. The van der Waals surface area contributed by atoms with Gasteiger partial charge in [-0.25, -0.2) is 4.79 Å². The Bertz CT molecular complexity index is 388. The first-order chi connectivity index (χ1) is 8.15. The Morgan fingerprint density at radius 3 is 2.29 bits per heavy atom. The summed E-state index contributed by atoms with van der Waals surface area (Å²) >= 11 is 0. The van der Waals surface area contributed by atoms with E-state index in [9.17, 15) is 9.90 Å². The normalized spacial score (nSPS) is 18.7. The molecule has 1 saturated carbocycles. The number of ether oxygens (including phenoxy) is 1. The molecule has 1 aromatic rings. The fraction of sp³-hybridized carbons (Fsp3) is 0.500. The molecular weight excluding hydrogens is 216 g/mol. The second kappa shape index (κ2) is 4.88. The van der Waals surface area contributed by atoms with Crippen molar-refractivity contribution in [2.24, 2.45) is 0 Å². The number of benzene rings is 1. The Hall–Kier alpha value is -1.35. The quantitative estimate of drug-likeness (QED) is 0.800. The van der Waals surface area contributed by atoms with E-state index in [0.29, 0.717) is 5.56 Å². The molecule has 2 rings (SSSR count). The van der Waals surface area contributed by atoms with Gasteiger partial charge in [-0.1, -0.05) is 31.4 Å². The average Bonchev–Trinajstić information content (AvgIpc) is 2.39. The molecule has 0 bridgehead atoms. The molecule has 0 amide bonds. The van der Waals surface area contributed by atoms with Crippen LogP contribution in [0, 0.1) is 0 Å². The number of hydrogen-bond donors (Lipinski definition) is 1. The molecule has 1 N–H and O–H groups in total. The summed E-state index contributed by atoms with van der Waals surface area (Å²) in [5.41, 5.74) is 0.730. The Morgan fingerprint density at radius 1 is 1.18 bits per heavy atom. The molecule has 0 aliphatic heterocycles. The number of hydrogen-bond acceptors (Lipinski definition) is 3. The fourth-order valence-electron chi connectivity index (χ4n) is 2.46. The number of carbonyl (C=O) groups is 1. The maximum Gasteiger partial charge on any atom is 0.337 e. The zero-order chi connectivity index (χ0) is 12.3. The van der Waals surface area contributed by atoms with Gasteiger partial charge in [0.25, 0.3) is 0 Å². The first kappa shape index (κ1) is 12.1. The lowest BCUT2D eigenvalue weighted by Gasteiger charge is -2.32. The third-order valence-electron chi connectivity index (χ3n) is 3.52. The average molecular weight is 234 g/mol. The third kappa shape index (κ3) is 2.50. The summed E-state index contributed by atoms with van der Waals surface area (Å²) in [6.07, 6.45) is 4.95. The molecule has 1 aliphatic carbocycles. The highest BCUT2D eigenvalue weighted by molar-refractivity contribution is 5.89. The van der Waals surface area contributed by atoms with Crippen molar-refractivity contribution in [1.29, 1.82) is 0 Å². The second-order valence-corrected chi connectivity index (χ2v) is 4.66. The highest BCUT2D eigenvalue weighted by Gasteiger charge is 2.30. The van der Waals surface area contributed by atoms with Gasteiger partial charge in [-0.2, -0.15) is 0 Å². The van der Waals surface area contributed by atoms with Crippen molar-refractivity contribution >= 4 is 5.97 Å². The lowest BCUT2D eigenvalue weighted by atomic mass is 9.79. The van der Waals surface area contributed by atoms with Crippen LogP contribution < -0.4 is 0 Å². The van der Waals surface area contributed by atoms with E-state index in [1.54, 1.807) is 12.1 Å². The molecule has 3 nitrogen and oxygen atoms in total. The predicted octanol–water partition coefficient (Wildman–Crippen LogP) is 2.62. The summed E-state index contributed by atoms with van der Waals surface area (Å²) in [5.74, 6) is -0.341. The van der Waals surface area contributed by atoms with Crippen LogP contribution in [0.1, 0.15) is 48.0 Å². The molecule has 0 unspecified atom stereocenters. The van der Waals surface area contributed by atoms with E-state index in [4.69, 9.17) is 0 Å². The molecule has 92 valence electrons. The predicted molar refractivity (Wildman–Crippen MR) is 64.8 cm³/mol. The lowest BCUT2D eigenvalue weighted by molar-refractivity contribution is -0.000675. The maximum atomic E-state index is 11.3. The standard InChI is InChI=1S/C14H18O3/c1-17-13(15)11-5-7-12(8-6-11)14(16)9-3-2-4-10-14/h5-8,16H,2-4,9-10H2,1H3. The maximum absolute atomic E-state index is 11.3. The molecule has 0 aromatic heterocycles. The van der Waals surface area contributed by atoms with Crippen molar-refractivity contribution < 1.29 is 14.6 Å². The van der Waals surface area contributed by atoms with Gasteiger partial charge >= 0.3 is 5.97 Å². The molecule has 1 aromatic carbocycles. The highest BCUT2D eigenvalue weighted by Crippen LogP contribution is 2.36. The lowest BCUT2D eigenvalue weighted by Crippen LogP contribution is -2.28. The molecule has 17 heavy (non-hydrogen) atoms. The summed E-state index contributed by atoms with van der Waals surface area (Å²) in [7, 11) is 1.37. The number of carbonyl (C=O) groups excluding carboxylic acids is 1. The molecule has 0 spiro atoms. The van der Waals surface area contributed by atoms with E-state index in [2.05, 4.69) is 4.74 Å². The van der Waals surface area contributed by atoms with Crippen LogP contribution in [0.3, 0.4) is 0 Å². The third-order valence-corrected chi connectivity index (χ3v) is 3.52. The van der Waals surface area contributed by atoms with Crippen LogP contribution in [-0.4, -0.2) is 18.2 Å². The zero-order valence-electron chi connectivity index (χ0n) is 10.1. The zero-order valence-corrected chi connectivity index (χ0v) is 10.1. The van der Waals surface area contributed by atoms with Gasteiger partial charge in [-0.3, -0.25) is 0 Å². The van der Waals surface area contributed by atoms with Crippen molar-refractivity contribution in [1.82, 2.24) is 0 Å². The highest BCUT2D eigenvalue weighted by atomic mass is 16.5. The van der Waals surface area contributed by atoms with Crippen LogP contribution in [0.15, 0.2) is 24.3 Å². The monoisotopic (exact) mass is 234 g/mol. The first-order valence-corrected chi connectivity index (χ1v) is 6.07. The van der Waals surface area contributed by atoms with Crippen LogP contribution in [0.5, 0.6) is 0 Å². The molecule has 3 heteroatoms. The van der Waals surface area contributed by atoms with E-state index in [1.807, 2.05) is 12.1 Å². The van der Waals surface area contributed by atoms with Crippen molar-refractivity contribution in [2.45, 2.75) is 37.7 Å². The molecule has 1 aliphatic rings. The van der Waals surface area contributed by atoms with E-state index >= 15 is 0 Å². The summed E-state index contributed by atoms with van der Waals surface area (Å²) in [4.78, 5) is 11.3. The van der Waals surface area contributed by atoms with E-state index in [0.717, 1.165) is 31.2 Å². The Labute approximate surface area is 101 Å². The summed E-state index contributed by atoms with van der Waals surface area (Å²) in [5, 5.41) is 10.5. The number of esters is 1. The topological polar surface area (TPSA) is 46.5 Å². The van der Waals surface area contributed by atoms with Crippen LogP contribution in [0.2, 0.25) is 0 Å².